The highest BCUT2D eigenvalue weighted by Gasteiger charge is 2.08. The number of nitrogens with one attached hydrogen (secondary N) is 1. The fraction of sp³-hybridized carbons (Fsp3) is 0.316. The molecule has 0 radical (unpaired) electrons. The monoisotopic (exact) mass is 371 g/mol. The number of pyridine rings is 1. The Bertz CT molecular complexity index is 753. The first-order chi connectivity index (χ1) is 12.6. The van der Waals surface area contributed by atoms with Gasteiger partial charge in [-0.3, -0.25) is 15.2 Å². The Hall–Kier alpha value is -2.62. The number of ether oxygens (including phenoxy) is 1. The van der Waals surface area contributed by atoms with Gasteiger partial charge in [0, 0.05) is 25.8 Å². The Balaban J connectivity index is 2.05. The molecule has 0 aliphatic heterocycles. The molecule has 6 nitrogen and oxygen atoms in total. The van der Waals surface area contributed by atoms with Crippen molar-refractivity contribution in [3.05, 3.63) is 58.9 Å². The summed E-state index contributed by atoms with van der Waals surface area (Å²) in [5.74, 6) is 1.45. The van der Waals surface area contributed by atoms with Crippen LogP contribution in [0.15, 0.2) is 47.6 Å². The minimum absolute atomic E-state index is 0.484. The molecule has 1 aromatic heterocycles. The number of methoxy groups -OCH3 is 1. The van der Waals surface area contributed by atoms with Gasteiger partial charge in [0.2, 0.25) is 0 Å². The maximum Gasteiger partial charge on any atom is 0.182 e. The number of aliphatic imine (C=N–C) groups is 1. The predicted octanol–water partition coefficient (Wildman–Crippen LogP) is 3.23. The van der Waals surface area contributed by atoms with E-state index in [4.69, 9.17) is 21.6 Å². The van der Waals surface area contributed by atoms with Crippen molar-refractivity contribution >= 4 is 17.4 Å². The minimum Gasteiger partial charge on any atom is -0.497 e. The van der Waals surface area contributed by atoms with Crippen molar-refractivity contribution in [2.45, 2.75) is 20.0 Å². The van der Waals surface area contributed by atoms with Gasteiger partial charge < -0.3 is 4.74 Å². The molecule has 0 atom stereocenters. The highest BCUT2D eigenvalue weighted by atomic mass is 35.5. The average molecular weight is 372 g/mol. The van der Waals surface area contributed by atoms with E-state index in [1.165, 1.54) is 5.56 Å². The second kappa shape index (κ2) is 10.4. The molecule has 1 heterocycles. The van der Waals surface area contributed by atoms with Crippen molar-refractivity contribution in [1.82, 2.24) is 15.2 Å². The van der Waals surface area contributed by atoms with Crippen molar-refractivity contribution < 1.29 is 4.74 Å². The largest absolute Gasteiger partial charge is 0.497 e. The lowest BCUT2D eigenvalue weighted by molar-refractivity contribution is 0.264. The molecule has 136 valence electrons. The Morgan fingerprint density at radius 2 is 1.92 bits per heavy atom. The van der Waals surface area contributed by atoms with E-state index in [0.29, 0.717) is 17.5 Å². The van der Waals surface area contributed by atoms with Crippen LogP contribution in [0.4, 0.5) is 0 Å². The third kappa shape index (κ3) is 6.71. The molecule has 0 unspecified atom stereocenters. The van der Waals surface area contributed by atoms with Crippen molar-refractivity contribution in [1.29, 1.82) is 5.26 Å². The normalized spacial score (nSPS) is 11.3. The second-order valence-corrected chi connectivity index (χ2v) is 6.14. The fourth-order valence-corrected chi connectivity index (χ4v) is 2.55. The summed E-state index contributed by atoms with van der Waals surface area (Å²) in [4.78, 5) is 10.8. The molecule has 2 rings (SSSR count). The third-order valence-corrected chi connectivity index (χ3v) is 3.99. The molecule has 0 saturated heterocycles. The number of rotatable bonds is 8. The Labute approximate surface area is 159 Å². The summed E-state index contributed by atoms with van der Waals surface area (Å²) in [7, 11) is 1.66. The predicted molar refractivity (Wildman–Crippen MR) is 103 cm³/mol. The first-order valence-corrected chi connectivity index (χ1v) is 8.60. The van der Waals surface area contributed by atoms with Crippen LogP contribution in [0.3, 0.4) is 0 Å². The molecule has 0 fully saturated rings. The standard InChI is InChI=1S/C19H22ClN5O/c1-15(24-14-21)22-9-10-25(13-17-5-8-19(20)23-11-17)12-16-3-6-18(26-2)7-4-16/h3-8,11H,9-10,12-13H2,1-2H3,(H,22,24). The van der Waals surface area contributed by atoms with E-state index in [9.17, 15) is 0 Å². The van der Waals surface area contributed by atoms with Gasteiger partial charge in [-0.2, -0.15) is 5.26 Å². The molecule has 0 saturated carbocycles. The highest BCUT2D eigenvalue weighted by Crippen LogP contribution is 2.15. The van der Waals surface area contributed by atoms with Gasteiger partial charge in [-0.05, 0) is 36.2 Å². The maximum absolute atomic E-state index is 8.62. The van der Waals surface area contributed by atoms with E-state index in [2.05, 4.69) is 32.3 Å². The molecule has 1 aromatic carbocycles. The number of hydrogen-bond donors (Lipinski definition) is 1. The van der Waals surface area contributed by atoms with Crippen LogP contribution in [-0.2, 0) is 13.1 Å². The van der Waals surface area contributed by atoms with E-state index in [1.54, 1.807) is 26.3 Å². The summed E-state index contributed by atoms with van der Waals surface area (Å²) < 4.78 is 5.21. The summed E-state index contributed by atoms with van der Waals surface area (Å²) in [6.45, 7) is 4.63. The number of hydrogen-bond acceptors (Lipinski definition) is 5. The second-order valence-electron chi connectivity index (χ2n) is 5.75. The van der Waals surface area contributed by atoms with E-state index in [1.807, 2.05) is 24.4 Å². The van der Waals surface area contributed by atoms with Gasteiger partial charge in [0.1, 0.15) is 16.7 Å². The van der Waals surface area contributed by atoms with E-state index >= 15 is 0 Å². The van der Waals surface area contributed by atoms with Crippen LogP contribution >= 0.6 is 11.6 Å². The van der Waals surface area contributed by atoms with E-state index < -0.39 is 0 Å². The SMILES string of the molecule is COc1ccc(CN(CCN=C(C)NC#N)Cc2ccc(Cl)nc2)cc1. The lowest BCUT2D eigenvalue weighted by Crippen LogP contribution is -2.26. The Morgan fingerprint density at radius 3 is 2.54 bits per heavy atom. The topological polar surface area (TPSA) is 73.5 Å². The van der Waals surface area contributed by atoms with Gasteiger partial charge >= 0.3 is 0 Å². The number of benzene rings is 1. The third-order valence-electron chi connectivity index (χ3n) is 3.76. The molecule has 2 aromatic rings. The minimum atomic E-state index is 0.484. The molecule has 26 heavy (non-hydrogen) atoms. The van der Waals surface area contributed by atoms with E-state index in [0.717, 1.165) is 30.9 Å². The van der Waals surface area contributed by atoms with Crippen LogP contribution in [0, 0.1) is 11.5 Å². The van der Waals surface area contributed by atoms with Gasteiger partial charge in [-0.25, -0.2) is 4.98 Å². The summed E-state index contributed by atoms with van der Waals surface area (Å²) in [5.41, 5.74) is 2.27. The van der Waals surface area contributed by atoms with Crippen LogP contribution in [0.2, 0.25) is 5.15 Å². The van der Waals surface area contributed by atoms with Crippen LogP contribution < -0.4 is 10.1 Å². The first-order valence-electron chi connectivity index (χ1n) is 8.22. The molecule has 0 amide bonds. The van der Waals surface area contributed by atoms with Gasteiger partial charge in [0.15, 0.2) is 6.19 Å². The summed E-state index contributed by atoms with van der Waals surface area (Å²) in [5, 5.41) is 11.6. The lowest BCUT2D eigenvalue weighted by Gasteiger charge is -2.22. The number of aromatic nitrogens is 1. The van der Waals surface area contributed by atoms with Crippen molar-refractivity contribution in [3.8, 4) is 11.9 Å². The molecule has 0 bridgehead atoms. The average Bonchev–Trinajstić information content (AvgIpc) is 2.64. The Kier molecular flexibility index (Phi) is 7.87. The molecule has 0 spiro atoms. The summed E-state index contributed by atoms with van der Waals surface area (Å²) >= 11 is 5.87. The molecule has 0 aliphatic rings. The molecule has 0 aliphatic carbocycles. The molecular weight excluding hydrogens is 350 g/mol. The molecule has 7 heteroatoms. The van der Waals surface area contributed by atoms with E-state index in [-0.39, 0.29) is 0 Å². The van der Waals surface area contributed by atoms with Crippen molar-refractivity contribution in [2.75, 3.05) is 20.2 Å². The van der Waals surface area contributed by atoms with Crippen molar-refractivity contribution in [2.24, 2.45) is 4.99 Å². The quantitative estimate of drug-likeness (QED) is 0.253. The van der Waals surface area contributed by atoms with Crippen molar-refractivity contribution in [3.63, 3.8) is 0 Å². The molecular formula is C19H22ClN5O. The summed E-state index contributed by atoms with van der Waals surface area (Å²) in [6.07, 6.45) is 3.66. The molecule has 1 N–H and O–H groups in total. The Morgan fingerprint density at radius 1 is 1.23 bits per heavy atom. The van der Waals surface area contributed by atoms with Gasteiger partial charge in [-0.1, -0.05) is 29.8 Å². The zero-order chi connectivity index (χ0) is 18.8. The highest BCUT2D eigenvalue weighted by molar-refractivity contribution is 6.29. The lowest BCUT2D eigenvalue weighted by atomic mass is 10.2. The van der Waals surface area contributed by atoms with Crippen LogP contribution in [-0.4, -0.2) is 35.9 Å². The number of amidine groups is 1. The zero-order valence-corrected chi connectivity index (χ0v) is 15.7. The van der Waals surface area contributed by atoms with Gasteiger partial charge in [-0.15, -0.1) is 0 Å². The number of nitriles is 1. The number of nitrogens with zero attached hydrogens (tertiary/aromatic N) is 4. The van der Waals surface area contributed by atoms with Gasteiger partial charge in [0.05, 0.1) is 13.7 Å². The van der Waals surface area contributed by atoms with Crippen LogP contribution in [0.25, 0.3) is 0 Å². The fourth-order valence-electron chi connectivity index (χ4n) is 2.44. The van der Waals surface area contributed by atoms with Gasteiger partial charge in [0.25, 0.3) is 0 Å². The van der Waals surface area contributed by atoms with Crippen LogP contribution in [0.5, 0.6) is 5.75 Å². The smallest absolute Gasteiger partial charge is 0.182 e. The first kappa shape index (κ1) is 19.7. The maximum atomic E-state index is 8.62. The van der Waals surface area contributed by atoms with Crippen LogP contribution in [0.1, 0.15) is 18.1 Å². The number of halogens is 1. The summed E-state index contributed by atoms with van der Waals surface area (Å²) in [6, 6.07) is 11.8. The zero-order valence-electron chi connectivity index (χ0n) is 14.9.